The number of carbonyl (C=O) groups excluding carboxylic acids is 3. The average Bonchev–Trinajstić information content (AvgIpc) is 3.98. The van der Waals surface area contributed by atoms with E-state index in [1.807, 2.05) is 18.2 Å². The van der Waals surface area contributed by atoms with Gasteiger partial charge in [0.25, 0.3) is 5.91 Å². The van der Waals surface area contributed by atoms with Gasteiger partial charge in [-0.3, -0.25) is 18.7 Å². The summed E-state index contributed by atoms with van der Waals surface area (Å²) in [5.41, 5.74) is 17.7. The van der Waals surface area contributed by atoms with Crippen LogP contribution in [-0.4, -0.2) is 139 Å². The summed E-state index contributed by atoms with van der Waals surface area (Å²) in [6.07, 6.45) is 0.822. The molecule has 5 aromatic rings. The number of nitrogens with zero attached hydrogens (tertiary/aromatic N) is 7. The van der Waals surface area contributed by atoms with Crippen LogP contribution < -0.4 is 36.4 Å². The van der Waals surface area contributed by atoms with E-state index < -0.39 is 52.9 Å². The van der Waals surface area contributed by atoms with Crippen molar-refractivity contribution >= 4 is 61.8 Å². The molecule has 2 unspecified atom stereocenters. The summed E-state index contributed by atoms with van der Waals surface area (Å²) in [5.74, 6) is -0.134. The van der Waals surface area contributed by atoms with Crippen LogP contribution >= 0.6 is 15.6 Å². The number of nitrogens with one attached hydrogen (secondary N) is 2. The molecule has 8 N–H and O–H groups in total. The van der Waals surface area contributed by atoms with Crippen molar-refractivity contribution in [1.82, 2.24) is 39.6 Å². The molecule has 3 aromatic carbocycles. The van der Waals surface area contributed by atoms with E-state index in [0.29, 0.717) is 17.9 Å². The highest BCUT2D eigenvalue weighted by Crippen LogP contribution is 2.58. The van der Waals surface area contributed by atoms with E-state index in [2.05, 4.69) is 110 Å². The number of aliphatic hydroxyl groups excluding tert-OH is 1. The third-order valence-corrected chi connectivity index (χ3v) is 18.6. The van der Waals surface area contributed by atoms with Crippen molar-refractivity contribution in [3.63, 3.8) is 0 Å². The standard InChI is InChI=1S/C55H70N10O13P2/c1-8-65-40-26-39-37(25-36(40)31(2)27-54(65,3)4)43(38-24-32-14-11-22-63-23-12-17-35(46(32)63)44(38)55(39,5)6)33-15-9-10-16-34(33)51(68)62(7)21-13-18-42(66)57-19-20-58-53(69)77-48-47(67)41(28-75-80(73,74)78-79(70,71)72)76-52(48)64-30-61-45-49(56)59-29-60-50(45)64/h9-10,15-16,24-26,29-31,41,47-48,52,67H,8,11-14,17-23,27-28H2,1-7H3,(H6-,56,57,58,59,60,66,69,70,71,72,73,74)/p+1/t31?,41-,47-,48-,52-/m1/s1. The molecule has 1 saturated heterocycles. The normalized spacial score (nSPS) is 22.4. The quantitative estimate of drug-likeness (QED) is 0.0393. The number of nitrogen functional groups attached to an aromatic ring is 1. The Morgan fingerprint density at radius 1 is 0.988 bits per heavy atom. The van der Waals surface area contributed by atoms with Gasteiger partial charge in [0.05, 0.1) is 12.9 Å². The van der Waals surface area contributed by atoms with Crippen LogP contribution in [0.15, 0.2) is 55.1 Å². The summed E-state index contributed by atoms with van der Waals surface area (Å²) < 4.78 is 47.2. The van der Waals surface area contributed by atoms with E-state index in [1.54, 1.807) is 11.9 Å². The highest BCUT2D eigenvalue weighted by atomic mass is 31.3. The van der Waals surface area contributed by atoms with Crippen molar-refractivity contribution in [2.75, 3.05) is 63.6 Å². The number of ether oxygens (including phenoxy) is 2. The highest BCUT2D eigenvalue weighted by Gasteiger charge is 2.50. The topological polar surface area (TPSA) is 306 Å². The maximum absolute atomic E-state index is 14.8. The van der Waals surface area contributed by atoms with Gasteiger partial charge in [-0.1, -0.05) is 39.0 Å². The molecule has 428 valence electrons. The molecule has 4 aliphatic heterocycles. The third kappa shape index (κ3) is 10.9. The SMILES string of the molecule is CCN1c2cc3c(cc2C(C)CC1(C)C)C(c1ccccc1C(=O)N(C)CCCC(=O)NCCNC(=O)O[C@@H]1[C@H](O)[C@@H](COP(=O)(O)OP(=O)(O)O)O[C@H]1n1cnc2c(N)ncnc21)=c1cc2c4c(c1C3(C)C)CCC[N+]=4CCC2. The van der Waals surface area contributed by atoms with Crippen LogP contribution in [0.2, 0.25) is 0 Å². The number of aryl methyl sites for hydroxylation is 1. The van der Waals surface area contributed by atoms with E-state index in [-0.39, 0.29) is 65.8 Å². The number of aliphatic hydroxyl groups is 1. The van der Waals surface area contributed by atoms with Gasteiger partial charge in [-0.2, -0.15) is 4.31 Å². The van der Waals surface area contributed by atoms with Crippen LogP contribution in [0.5, 0.6) is 0 Å². The van der Waals surface area contributed by atoms with Crippen molar-refractivity contribution in [2.45, 2.75) is 128 Å². The fourth-order valence-electron chi connectivity index (χ4n) is 13.1. The van der Waals surface area contributed by atoms with Crippen LogP contribution in [0, 0.1) is 0 Å². The Balaban J connectivity index is 0.817. The minimum atomic E-state index is -5.46. The largest absolute Gasteiger partial charge is 0.481 e. The molecule has 3 amide bonds. The molecule has 25 heteroatoms. The molecule has 1 aliphatic carbocycles. The fourth-order valence-corrected chi connectivity index (χ4v) is 14.7. The van der Waals surface area contributed by atoms with Gasteiger partial charge >= 0.3 is 21.7 Å². The van der Waals surface area contributed by atoms with Gasteiger partial charge in [0.1, 0.15) is 37.1 Å². The third-order valence-electron chi connectivity index (χ3n) is 16.4. The smallest absolute Gasteiger partial charge is 0.439 e. The maximum Gasteiger partial charge on any atom is 0.481 e. The number of nitrogens with two attached hydrogens (primary N) is 1. The first kappa shape index (κ1) is 57.1. The van der Waals surface area contributed by atoms with Crippen LogP contribution in [0.4, 0.5) is 16.3 Å². The van der Waals surface area contributed by atoms with Gasteiger partial charge in [-0.25, -0.2) is 33.5 Å². The summed E-state index contributed by atoms with van der Waals surface area (Å²) in [7, 11) is -9.05. The lowest BCUT2D eigenvalue weighted by Gasteiger charge is -2.48. The highest BCUT2D eigenvalue weighted by molar-refractivity contribution is 7.60. The fraction of sp³-hybridized carbons (Fsp3) is 0.509. The minimum Gasteiger partial charge on any atom is -0.439 e. The molecule has 0 radical (unpaired) electrons. The number of amides is 3. The Bertz CT molecular complexity index is 3530. The van der Waals surface area contributed by atoms with Crippen LogP contribution in [0.1, 0.15) is 135 Å². The van der Waals surface area contributed by atoms with Gasteiger partial charge in [0, 0.05) is 85.8 Å². The van der Waals surface area contributed by atoms with Crippen LogP contribution in [0.25, 0.3) is 16.7 Å². The number of anilines is 2. The number of carbonyl (C=O) groups is 3. The van der Waals surface area contributed by atoms with Gasteiger partial charge in [-0.15, -0.1) is 0 Å². The molecule has 6 heterocycles. The van der Waals surface area contributed by atoms with Crippen LogP contribution in [0.3, 0.4) is 0 Å². The molecular formula is C55H71N10O13P2+. The van der Waals surface area contributed by atoms with Crippen molar-refractivity contribution in [2.24, 2.45) is 0 Å². The number of alkyl carbamates (subject to hydrolysis) is 1. The van der Waals surface area contributed by atoms with Crippen molar-refractivity contribution < 1.29 is 61.6 Å². The summed E-state index contributed by atoms with van der Waals surface area (Å²) in [6, 6.07) is 15.3. The van der Waals surface area contributed by atoms with Gasteiger partial charge < -0.3 is 55.4 Å². The molecule has 5 aliphatic rings. The minimum absolute atomic E-state index is 0.00898. The van der Waals surface area contributed by atoms with E-state index in [0.717, 1.165) is 69.2 Å². The summed E-state index contributed by atoms with van der Waals surface area (Å²) in [4.78, 5) is 85.5. The van der Waals surface area contributed by atoms with E-state index in [1.165, 1.54) is 60.5 Å². The number of fused-ring (bicyclic) bond motifs is 5. The first-order valence-corrected chi connectivity index (χ1v) is 30.3. The van der Waals surface area contributed by atoms with E-state index >= 15 is 0 Å². The predicted molar refractivity (Wildman–Crippen MR) is 296 cm³/mol. The Morgan fingerprint density at radius 2 is 1.73 bits per heavy atom. The number of phosphoric acid groups is 2. The Kier molecular flexibility index (Phi) is 15.7. The maximum atomic E-state index is 14.8. The number of hydrogen-bond donors (Lipinski definition) is 7. The Morgan fingerprint density at radius 3 is 2.48 bits per heavy atom. The second-order valence-electron chi connectivity index (χ2n) is 22.6. The molecule has 0 saturated carbocycles. The zero-order valence-electron chi connectivity index (χ0n) is 46.0. The summed E-state index contributed by atoms with van der Waals surface area (Å²) >= 11 is 0. The number of imidazole rings is 1. The van der Waals surface area contributed by atoms with Crippen molar-refractivity contribution in [1.29, 1.82) is 0 Å². The molecular weight excluding hydrogens is 1070 g/mol. The summed E-state index contributed by atoms with van der Waals surface area (Å²) in [6.45, 7) is 16.3. The van der Waals surface area contributed by atoms with E-state index in [9.17, 15) is 33.5 Å². The van der Waals surface area contributed by atoms with Crippen LogP contribution in [-0.2, 0) is 50.5 Å². The lowest BCUT2D eigenvalue weighted by molar-refractivity contribution is -0.121. The monoisotopic (exact) mass is 1140 g/mol. The zero-order valence-corrected chi connectivity index (χ0v) is 47.8. The second-order valence-corrected chi connectivity index (χ2v) is 25.4. The Hall–Kier alpha value is -6.13. The predicted octanol–water partition coefficient (Wildman–Crippen LogP) is 4.04. The molecule has 0 bridgehead atoms. The van der Waals surface area contributed by atoms with Gasteiger partial charge in [0.15, 0.2) is 23.8 Å². The van der Waals surface area contributed by atoms with E-state index in [4.69, 9.17) is 25.0 Å². The molecule has 6 atom stereocenters. The van der Waals surface area contributed by atoms with Crippen molar-refractivity contribution in [3.8, 4) is 0 Å². The first-order chi connectivity index (χ1) is 37.9. The molecule has 1 fully saturated rings. The number of hydrogen-bond acceptors (Lipinski definition) is 15. The molecule has 10 rings (SSSR count). The number of rotatable bonds is 17. The molecule has 2 aromatic heterocycles. The van der Waals surface area contributed by atoms with Gasteiger partial charge in [0.2, 0.25) is 11.3 Å². The first-order valence-electron chi connectivity index (χ1n) is 27.2. The Labute approximate surface area is 463 Å². The van der Waals surface area contributed by atoms with Gasteiger partial charge in [-0.05, 0) is 115 Å². The van der Waals surface area contributed by atoms with Crippen molar-refractivity contribution in [3.05, 3.63) is 110 Å². The summed E-state index contributed by atoms with van der Waals surface area (Å²) in [5, 5.41) is 19.1. The number of aromatic nitrogens is 4. The molecule has 0 spiro atoms. The molecule has 23 nitrogen and oxygen atoms in total. The lowest BCUT2D eigenvalue weighted by Crippen LogP contribution is -2.50. The number of benzene rings is 3. The second kappa shape index (κ2) is 22.0. The molecule has 80 heavy (non-hydrogen) atoms. The zero-order chi connectivity index (χ0) is 57.2. The average molecular weight is 1140 g/mol. The number of phosphoric ester groups is 1. The lowest BCUT2D eigenvalue weighted by atomic mass is 9.64.